The van der Waals surface area contributed by atoms with E-state index in [4.69, 9.17) is 4.74 Å². The van der Waals surface area contributed by atoms with E-state index in [-0.39, 0.29) is 6.10 Å². The Morgan fingerprint density at radius 2 is 2.50 bits per heavy atom. The Labute approximate surface area is 96.3 Å². The topological polar surface area (TPSA) is 47.3 Å². The van der Waals surface area contributed by atoms with Crippen LogP contribution < -0.4 is 0 Å². The molecule has 0 aliphatic carbocycles. The van der Waals surface area contributed by atoms with E-state index in [9.17, 15) is 5.11 Å². The van der Waals surface area contributed by atoms with Gasteiger partial charge in [0.15, 0.2) is 0 Å². The van der Waals surface area contributed by atoms with Gasteiger partial charge in [0.1, 0.15) is 11.4 Å². The molecule has 0 amide bonds. The fraction of sp³-hybridized carbons (Fsp3) is 0.750. The summed E-state index contributed by atoms with van der Waals surface area (Å²) in [6.45, 7) is 5.64. The number of rotatable bonds is 3. The molecule has 1 aromatic rings. The van der Waals surface area contributed by atoms with Gasteiger partial charge in [-0.1, -0.05) is 6.92 Å². The number of imidazole rings is 1. The van der Waals surface area contributed by atoms with Gasteiger partial charge < -0.3 is 14.4 Å². The standard InChI is InChI=1S/C12H20N2O2/c1-3-6-14-7-5-13-11(14)12(15)4-8-16-10(2)9-12/h5,7,10,15H,3-4,6,8-9H2,1-2H3. The Morgan fingerprint density at radius 1 is 1.69 bits per heavy atom. The van der Waals surface area contributed by atoms with Crippen molar-refractivity contribution in [3.8, 4) is 0 Å². The molecule has 2 atom stereocenters. The quantitative estimate of drug-likeness (QED) is 0.849. The zero-order valence-electron chi connectivity index (χ0n) is 10.0. The molecule has 1 saturated heterocycles. The Morgan fingerprint density at radius 3 is 3.19 bits per heavy atom. The summed E-state index contributed by atoms with van der Waals surface area (Å²) in [7, 11) is 0. The summed E-state index contributed by atoms with van der Waals surface area (Å²) in [5.74, 6) is 0.796. The summed E-state index contributed by atoms with van der Waals surface area (Å²) in [6, 6.07) is 0. The molecule has 0 spiro atoms. The maximum atomic E-state index is 10.6. The lowest BCUT2D eigenvalue weighted by molar-refractivity contribution is -0.107. The first-order valence-electron chi connectivity index (χ1n) is 6.01. The predicted octanol–water partition coefficient (Wildman–Crippen LogP) is 1.68. The molecule has 2 heterocycles. The third kappa shape index (κ3) is 2.13. The summed E-state index contributed by atoms with van der Waals surface area (Å²) in [6.07, 6.45) is 6.13. The minimum absolute atomic E-state index is 0.102. The van der Waals surface area contributed by atoms with Crippen LogP contribution in [0.15, 0.2) is 12.4 Å². The van der Waals surface area contributed by atoms with Crippen LogP contribution in [0.1, 0.15) is 38.9 Å². The third-order valence-corrected chi connectivity index (χ3v) is 3.14. The SMILES string of the molecule is CCCn1ccnc1C1(O)CCOC(C)C1. The first kappa shape index (κ1) is 11.6. The number of ether oxygens (including phenoxy) is 1. The average molecular weight is 224 g/mol. The molecule has 1 aliphatic heterocycles. The number of nitrogens with zero attached hydrogens (tertiary/aromatic N) is 2. The molecule has 0 saturated carbocycles. The van der Waals surface area contributed by atoms with Crippen LogP contribution in [-0.2, 0) is 16.9 Å². The second-order valence-corrected chi connectivity index (χ2v) is 4.61. The van der Waals surface area contributed by atoms with Crippen molar-refractivity contribution in [3.63, 3.8) is 0 Å². The maximum Gasteiger partial charge on any atom is 0.140 e. The number of aryl methyl sites for hydroxylation is 1. The van der Waals surface area contributed by atoms with Crippen molar-refractivity contribution in [2.24, 2.45) is 0 Å². The van der Waals surface area contributed by atoms with Crippen LogP contribution in [-0.4, -0.2) is 27.4 Å². The smallest absolute Gasteiger partial charge is 0.140 e. The zero-order chi connectivity index (χ0) is 11.6. The molecule has 2 rings (SSSR count). The van der Waals surface area contributed by atoms with Crippen molar-refractivity contribution in [2.45, 2.75) is 51.4 Å². The minimum atomic E-state index is -0.809. The van der Waals surface area contributed by atoms with Gasteiger partial charge in [-0.25, -0.2) is 4.98 Å². The largest absolute Gasteiger partial charge is 0.382 e. The van der Waals surface area contributed by atoms with E-state index < -0.39 is 5.60 Å². The van der Waals surface area contributed by atoms with E-state index >= 15 is 0 Å². The number of aliphatic hydroxyl groups is 1. The first-order chi connectivity index (χ1) is 7.65. The van der Waals surface area contributed by atoms with Gasteiger partial charge in [0.05, 0.1) is 12.7 Å². The van der Waals surface area contributed by atoms with E-state index in [2.05, 4.69) is 16.5 Å². The molecule has 90 valence electrons. The van der Waals surface area contributed by atoms with Crippen molar-refractivity contribution < 1.29 is 9.84 Å². The van der Waals surface area contributed by atoms with Crippen LogP contribution in [0.25, 0.3) is 0 Å². The van der Waals surface area contributed by atoms with Crippen molar-refractivity contribution in [1.29, 1.82) is 0 Å². The van der Waals surface area contributed by atoms with Crippen LogP contribution in [0.4, 0.5) is 0 Å². The molecule has 1 fully saturated rings. The van der Waals surface area contributed by atoms with Gasteiger partial charge in [0, 0.05) is 31.8 Å². The summed E-state index contributed by atoms with van der Waals surface area (Å²) >= 11 is 0. The molecular formula is C12H20N2O2. The number of hydrogen-bond acceptors (Lipinski definition) is 3. The summed E-state index contributed by atoms with van der Waals surface area (Å²) in [4.78, 5) is 4.32. The van der Waals surface area contributed by atoms with E-state index in [0.717, 1.165) is 18.8 Å². The highest BCUT2D eigenvalue weighted by atomic mass is 16.5. The Bertz CT molecular complexity index is 351. The monoisotopic (exact) mass is 224 g/mol. The maximum absolute atomic E-state index is 10.6. The van der Waals surface area contributed by atoms with Gasteiger partial charge in [-0.3, -0.25) is 0 Å². The van der Waals surface area contributed by atoms with Gasteiger partial charge in [-0.05, 0) is 13.3 Å². The molecule has 1 N–H and O–H groups in total. The number of hydrogen-bond donors (Lipinski definition) is 1. The van der Waals surface area contributed by atoms with Crippen LogP contribution in [0.3, 0.4) is 0 Å². The Kier molecular flexibility index (Phi) is 3.30. The predicted molar refractivity (Wildman–Crippen MR) is 61.1 cm³/mol. The molecule has 0 aromatic carbocycles. The second kappa shape index (κ2) is 4.55. The summed E-state index contributed by atoms with van der Waals surface area (Å²) < 4.78 is 7.53. The van der Waals surface area contributed by atoms with E-state index in [1.165, 1.54) is 0 Å². The molecule has 4 nitrogen and oxygen atoms in total. The van der Waals surface area contributed by atoms with Crippen molar-refractivity contribution >= 4 is 0 Å². The highest BCUT2D eigenvalue weighted by molar-refractivity contribution is 5.07. The van der Waals surface area contributed by atoms with Crippen molar-refractivity contribution in [2.75, 3.05) is 6.61 Å². The fourth-order valence-electron chi connectivity index (χ4n) is 2.41. The fourth-order valence-corrected chi connectivity index (χ4v) is 2.41. The normalized spacial score (nSPS) is 30.6. The van der Waals surface area contributed by atoms with Crippen molar-refractivity contribution in [1.82, 2.24) is 9.55 Å². The molecule has 1 aliphatic rings. The molecule has 16 heavy (non-hydrogen) atoms. The highest BCUT2D eigenvalue weighted by Gasteiger charge is 2.38. The highest BCUT2D eigenvalue weighted by Crippen LogP contribution is 2.33. The number of aromatic nitrogens is 2. The van der Waals surface area contributed by atoms with Crippen LogP contribution >= 0.6 is 0 Å². The van der Waals surface area contributed by atoms with Gasteiger partial charge in [0.25, 0.3) is 0 Å². The summed E-state index contributed by atoms with van der Waals surface area (Å²) in [5, 5.41) is 10.6. The average Bonchev–Trinajstić information content (AvgIpc) is 2.67. The lowest BCUT2D eigenvalue weighted by atomic mass is 9.90. The van der Waals surface area contributed by atoms with Crippen LogP contribution in [0.2, 0.25) is 0 Å². The molecule has 1 aromatic heterocycles. The first-order valence-corrected chi connectivity index (χ1v) is 6.01. The van der Waals surface area contributed by atoms with Crippen LogP contribution in [0.5, 0.6) is 0 Å². The molecule has 2 unspecified atom stereocenters. The van der Waals surface area contributed by atoms with E-state index in [1.54, 1.807) is 6.20 Å². The van der Waals surface area contributed by atoms with Gasteiger partial charge in [-0.2, -0.15) is 0 Å². The van der Waals surface area contributed by atoms with Gasteiger partial charge in [0.2, 0.25) is 0 Å². The van der Waals surface area contributed by atoms with E-state index in [1.807, 2.05) is 13.1 Å². The Balaban J connectivity index is 2.23. The molecular weight excluding hydrogens is 204 g/mol. The van der Waals surface area contributed by atoms with Gasteiger partial charge >= 0.3 is 0 Å². The zero-order valence-corrected chi connectivity index (χ0v) is 10.0. The Hall–Kier alpha value is -0.870. The lowest BCUT2D eigenvalue weighted by Crippen LogP contribution is -2.39. The van der Waals surface area contributed by atoms with Crippen LogP contribution in [0, 0.1) is 0 Å². The lowest BCUT2D eigenvalue weighted by Gasteiger charge is -2.35. The third-order valence-electron chi connectivity index (χ3n) is 3.14. The minimum Gasteiger partial charge on any atom is -0.382 e. The molecule has 0 bridgehead atoms. The molecule has 0 radical (unpaired) electrons. The summed E-state index contributed by atoms with van der Waals surface area (Å²) in [5.41, 5.74) is -0.809. The molecule has 4 heteroatoms. The second-order valence-electron chi connectivity index (χ2n) is 4.61. The van der Waals surface area contributed by atoms with E-state index in [0.29, 0.717) is 19.4 Å². The van der Waals surface area contributed by atoms with Gasteiger partial charge in [-0.15, -0.1) is 0 Å². The van der Waals surface area contributed by atoms with Crippen molar-refractivity contribution in [3.05, 3.63) is 18.2 Å².